The van der Waals surface area contributed by atoms with Gasteiger partial charge in [0.2, 0.25) is 0 Å². The number of H-pyrrole nitrogens is 1. The van der Waals surface area contributed by atoms with E-state index in [9.17, 15) is 9.59 Å². The normalized spacial score (nSPS) is 10.4. The zero-order valence-corrected chi connectivity index (χ0v) is 11.0. The molecule has 0 aliphatic heterocycles. The minimum atomic E-state index is -0.316. The molecule has 1 amide bonds. The Bertz CT molecular complexity index is 387. The standard InChI is InChI=1S/C12H19N3O3/c1-9(2)8-15(5-4-11(16)18-3)12(17)10-6-13-14-7-10/h6-7,9H,4-5,8H2,1-3H3,(H,13,14). The number of aromatic nitrogens is 2. The van der Waals surface area contributed by atoms with Crippen LogP contribution >= 0.6 is 0 Å². The number of hydrogen-bond donors (Lipinski definition) is 1. The Morgan fingerprint density at radius 1 is 1.50 bits per heavy atom. The first-order chi connectivity index (χ1) is 8.54. The van der Waals surface area contributed by atoms with Crippen molar-refractivity contribution in [3.8, 4) is 0 Å². The molecule has 0 saturated heterocycles. The van der Waals surface area contributed by atoms with Crippen molar-refractivity contribution < 1.29 is 14.3 Å². The van der Waals surface area contributed by atoms with Crippen LogP contribution in [-0.2, 0) is 9.53 Å². The van der Waals surface area contributed by atoms with Gasteiger partial charge in [-0.05, 0) is 5.92 Å². The van der Waals surface area contributed by atoms with Gasteiger partial charge in [0.05, 0.1) is 25.3 Å². The summed E-state index contributed by atoms with van der Waals surface area (Å²) in [7, 11) is 1.34. The summed E-state index contributed by atoms with van der Waals surface area (Å²) in [5, 5.41) is 6.36. The van der Waals surface area contributed by atoms with E-state index in [2.05, 4.69) is 14.9 Å². The van der Waals surface area contributed by atoms with Crippen molar-refractivity contribution in [2.75, 3.05) is 20.2 Å². The summed E-state index contributed by atoms with van der Waals surface area (Å²) in [5.74, 6) is -0.108. The average molecular weight is 253 g/mol. The highest BCUT2D eigenvalue weighted by Gasteiger charge is 2.18. The number of hydrogen-bond acceptors (Lipinski definition) is 4. The fraction of sp³-hybridized carbons (Fsp3) is 0.583. The van der Waals surface area contributed by atoms with Gasteiger partial charge in [0, 0.05) is 19.3 Å². The Morgan fingerprint density at radius 3 is 2.72 bits per heavy atom. The second-order valence-electron chi connectivity index (χ2n) is 4.46. The molecule has 1 N–H and O–H groups in total. The number of carbonyl (C=O) groups excluding carboxylic acids is 2. The van der Waals surface area contributed by atoms with Gasteiger partial charge in [0.15, 0.2) is 0 Å². The highest BCUT2D eigenvalue weighted by Crippen LogP contribution is 2.07. The van der Waals surface area contributed by atoms with E-state index in [1.54, 1.807) is 11.1 Å². The molecule has 6 heteroatoms. The van der Waals surface area contributed by atoms with Crippen molar-refractivity contribution in [2.24, 2.45) is 5.92 Å². The Morgan fingerprint density at radius 2 is 2.22 bits per heavy atom. The fourth-order valence-corrected chi connectivity index (χ4v) is 1.60. The number of esters is 1. The van der Waals surface area contributed by atoms with Crippen LogP contribution in [0.2, 0.25) is 0 Å². The number of ether oxygens (including phenoxy) is 1. The van der Waals surface area contributed by atoms with Gasteiger partial charge in [-0.3, -0.25) is 14.7 Å². The Labute approximate surface area is 106 Å². The van der Waals surface area contributed by atoms with Crippen LogP contribution in [0.1, 0.15) is 30.6 Å². The summed E-state index contributed by atoms with van der Waals surface area (Å²) in [6.07, 6.45) is 3.23. The number of rotatable bonds is 6. The third-order valence-electron chi connectivity index (χ3n) is 2.43. The molecule has 6 nitrogen and oxygen atoms in total. The second kappa shape index (κ2) is 6.78. The quantitative estimate of drug-likeness (QED) is 0.769. The topological polar surface area (TPSA) is 75.3 Å². The van der Waals surface area contributed by atoms with Crippen molar-refractivity contribution in [3.63, 3.8) is 0 Å². The van der Waals surface area contributed by atoms with Crippen LogP contribution in [0.4, 0.5) is 0 Å². The average Bonchev–Trinajstić information content (AvgIpc) is 2.86. The van der Waals surface area contributed by atoms with Gasteiger partial charge in [-0.2, -0.15) is 5.10 Å². The molecule has 0 radical (unpaired) electrons. The van der Waals surface area contributed by atoms with Gasteiger partial charge in [0.25, 0.3) is 5.91 Å². The monoisotopic (exact) mass is 253 g/mol. The summed E-state index contributed by atoms with van der Waals surface area (Å²) >= 11 is 0. The number of amides is 1. The van der Waals surface area contributed by atoms with Gasteiger partial charge in [-0.1, -0.05) is 13.8 Å². The van der Waals surface area contributed by atoms with Crippen LogP contribution in [-0.4, -0.2) is 47.2 Å². The van der Waals surface area contributed by atoms with Crippen LogP contribution in [0.5, 0.6) is 0 Å². The highest BCUT2D eigenvalue weighted by atomic mass is 16.5. The third-order valence-corrected chi connectivity index (χ3v) is 2.43. The van der Waals surface area contributed by atoms with Crippen LogP contribution < -0.4 is 0 Å². The van der Waals surface area contributed by atoms with Crippen LogP contribution in [0.3, 0.4) is 0 Å². The molecule has 0 aliphatic carbocycles. The molecule has 0 spiro atoms. The summed E-state index contributed by atoms with van der Waals surface area (Å²) < 4.78 is 4.58. The molecule has 100 valence electrons. The predicted molar refractivity (Wildman–Crippen MR) is 66.0 cm³/mol. The van der Waals surface area contributed by atoms with E-state index >= 15 is 0 Å². The first kappa shape index (κ1) is 14.2. The first-order valence-electron chi connectivity index (χ1n) is 5.89. The molecule has 1 aromatic heterocycles. The molecular weight excluding hydrogens is 234 g/mol. The lowest BCUT2D eigenvalue weighted by atomic mass is 10.2. The van der Waals surface area contributed by atoms with Crippen molar-refractivity contribution >= 4 is 11.9 Å². The van der Waals surface area contributed by atoms with Crippen LogP contribution in [0.25, 0.3) is 0 Å². The van der Waals surface area contributed by atoms with Crippen LogP contribution in [0, 0.1) is 5.92 Å². The van der Waals surface area contributed by atoms with Crippen LogP contribution in [0.15, 0.2) is 12.4 Å². The van der Waals surface area contributed by atoms with E-state index in [-0.39, 0.29) is 18.3 Å². The van der Waals surface area contributed by atoms with Crippen molar-refractivity contribution in [2.45, 2.75) is 20.3 Å². The molecule has 1 rings (SSSR count). The van der Waals surface area contributed by atoms with Gasteiger partial charge in [-0.15, -0.1) is 0 Å². The molecule has 0 bridgehead atoms. The minimum absolute atomic E-state index is 0.124. The van der Waals surface area contributed by atoms with E-state index in [1.807, 2.05) is 13.8 Å². The lowest BCUT2D eigenvalue weighted by Crippen LogP contribution is -2.35. The minimum Gasteiger partial charge on any atom is -0.469 e. The molecule has 0 aliphatic rings. The lowest BCUT2D eigenvalue weighted by molar-refractivity contribution is -0.140. The van der Waals surface area contributed by atoms with E-state index in [0.29, 0.717) is 24.6 Å². The molecule has 0 unspecified atom stereocenters. The summed E-state index contributed by atoms with van der Waals surface area (Å²) in [4.78, 5) is 24.9. The van der Waals surface area contributed by atoms with Crippen molar-refractivity contribution in [1.29, 1.82) is 0 Å². The van der Waals surface area contributed by atoms with Gasteiger partial charge in [-0.25, -0.2) is 0 Å². The third kappa shape index (κ3) is 4.20. The Hall–Kier alpha value is -1.85. The second-order valence-corrected chi connectivity index (χ2v) is 4.46. The maximum atomic E-state index is 12.2. The van der Waals surface area contributed by atoms with Gasteiger partial charge < -0.3 is 9.64 Å². The number of methoxy groups -OCH3 is 1. The number of aromatic amines is 1. The van der Waals surface area contributed by atoms with E-state index in [1.165, 1.54) is 13.3 Å². The predicted octanol–water partition coefficient (Wildman–Crippen LogP) is 1.07. The molecule has 0 aromatic carbocycles. The smallest absolute Gasteiger partial charge is 0.307 e. The van der Waals surface area contributed by atoms with Gasteiger partial charge in [0.1, 0.15) is 0 Å². The molecular formula is C12H19N3O3. The molecule has 0 fully saturated rings. The molecule has 0 atom stereocenters. The fourth-order valence-electron chi connectivity index (χ4n) is 1.60. The van der Waals surface area contributed by atoms with Crippen molar-refractivity contribution in [3.05, 3.63) is 18.0 Å². The maximum Gasteiger partial charge on any atom is 0.307 e. The zero-order valence-electron chi connectivity index (χ0n) is 11.0. The zero-order chi connectivity index (χ0) is 13.5. The summed E-state index contributed by atoms with van der Waals surface area (Å²) in [6, 6.07) is 0. The number of carbonyl (C=O) groups is 2. The Balaban J connectivity index is 2.65. The molecule has 18 heavy (non-hydrogen) atoms. The summed E-state index contributed by atoms with van der Waals surface area (Å²) in [6.45, 7) is 5.00. The Kier molecular flexibility index (Phi) is 5.35. The molecule has 1 aromatic rings. The molecule has 0 saturated carbocycles. The molecule has 1 heterocycles. The summed E-state index contributed by atoms with van der Waals surface area (Å²) in [5.41, 5.74) is 0.500. The number of nitrogens with one attached hydrogen (secondary N) is 1. The largest absolute Gasteiger partial charge is 0.469 e. The first-order valence-corrected chi connectivity index (χ1v) is 5.89. The lowest BCUT2D eigenvalue weighted by Gasteiger charge is -2.23. The number of nitrogens with zero attached hydrogens (tertiary/aromatic N) is 2. The van der Waals surface area contributed by atoms with E-state index < -0.39 is 0 Å². The maximum absolute atomic E-state index is 12.2. The van der Waals surface area contributed by atoms with E-state index in [4.69, 9.17) is 0 Å². The van der Waals surface area contributed by atoms with Crippen molar-refractivity contribution in [1.82, 2.24) is 15.1 Å². The SMILES string of the molecule is COC(=O)CCN(CC(C)C)C(=O)c1cn[nH]c1. The van der Waals surface area contributed by atoms with Gasteiger partial charge >= 0.3 is 5.97 Å². The highest BCUT2D eigenvalue weighted by molar-refractivity contribution is 5.93. The van der Waals surface area contributed by atoms with E-state index in [0.717, 1.165) is 0 Å².